The fourth-order valence-electron chi connectivity index (χ4n) is 3.01. The summed E-state index contributed by atoms with van der Waals surface area (Å²) in [4.78, 5) is 18.8. The van der Waals surface area contributed by atoms with Gasteiger partial charge in [-0.2, -0.15) is 0 Å². The van der Waals surface area contributed by atoms with Gasteiger partial charge in [-0.05, 0) is 51.5 Å². The number of aryl methyl sites for hydroxylation is 1. The second kappa shape index (κ2) is 11.1. The van der Waals surface area contributed by atoms with Crippen LogP contribution >= 0.6 is 11.6 Å². The van der Waals surface area contributed by atoms with Gasteiger partial charge in [0.1, 0.15) is 0 Å². The van der Waals surface area contributed by atoms with Crippen molar-refractivity contribution >= 4 is 17.5 Å². The van der Waals surface area contributed by atoms with E-state index >= 15 is 0 Å². The number of aromatic nitrogens is 1. The van der Waals surface area contributed by atoms with Crippen LogP contribution in [0.2, 0.25) is 5.02 Å². The van der Waals surface area contributed by atoms with E-state index in [2.05, 4.69) is 36.0 Å². The average Bonchev–Trinajstić information content (AvgIpc) is 3.13. The van der Waals surface area contributed by atoms with E-state index in [1.165, 1.54) is 0 Å². The number of carbonyl (C=O) groups excluding carboxylic acids is 1. The largest absolute Gasteiger partial charge is 0.441 e. The normalized spacial score (nSPS) is 12.3. The lowest BCUT2D eigenvalue weighted by Gasteiger charge is -2.19. The number of halogens is 1. The Morgan fingerprint density at radius 1 is 1.30 bits per heavy atom. The van der Waals surface area contributed by atoms with E-state index in [1.54, 1.807) is 6.20 Å². The zero-order valence-electron chi connectivity index (χ0n) is 16.5. The van der Waals surface area contributed by atoms with Crippen LogP contribution in [0.15, 0.2) is 34.9 Å². The SMILES string of the molecule is CCN(CC)CCC[C@H](C)NC(=O)CCc1ncc(-c2ccccc2Cl)o1. The maximum absolute atomic E-state index is 12.2. The van der Waals surface area contributed by atoms with Gasteiger partial charge in [0.2, 0.25) is 5.91 Å². The first-order valence-corrected chi connectivity index (χ1v) is 10.1. The van der Waals surface area contributed by atoms with E-state index < -0.39 is 0 Å². The molecule has 0 unspecified atom stereocenters. The van der Waals surface area contributed by atoms with Crippen LogP contribution in [0.4, 0.5) is 0 Å². The first-order valence-electron chi connectivity index (χ1n) is 9.74. The zero-order valence-corrected chi connectivity index (χ0v) is 17.3. The van der Waals surface area contributed by atoms with Crippen LogP contribution in [0.3, 0.4) is 0 Å². The van der Waals surface area contributed by atoms with Crippen molar-refractivity contribution in [3.8, 4) is 11.3 Å². The van der Waals surface area contributed by atoms with Gasteiger partial charge < -0.3 is 14.6 Å². The summed E-state index contributed by atoms with van der Waals surface area (Å²) in [6.45, 7) is 9.63. The smallest absolute Gasteiger partial charge is 0.220 e. The number of amides is 1. The predicted molar refractivity (Wildman–Crippen MR) is 110 cm³/mol. The van der Waals surface area contributed by atoms with Crippen molar-refractivity contribution in [1.82, 2.24) is 15.2 Å². The van der Waals surface area contributed by atoms with Gasteiger partial charge in [0.05, 0.1) is 11.2 Å². The molecule has 1 atom stereocenters. The number of oxazole rings is 1. The molecule has 0 bridgehead atoms. The van der Waals surface area contributed by atoms with Crippen molar-refractivity contribution in [2.24, 2.45) is 0 Å². The van der Waals surface area contributed by atoms with Gasteiger partial charge >= 0.3 is 0 Å². The topological polar surface area (TPSA) is 58.4 Å². The Labute approximate surface area is 167 Å². The third-order valence-corrected chi connectivity index (χ3v) is 5.00. The lowest BCUT2D eigenvalue weighted by molar-refractivity contribution is -0.121. The standard InChI is InChI=1S/C21H30ClN3O2/c1-4-25(5-2)14-8-9-16(3)24-20(26)12-13-21-23-15-19(27-21)17-10-6-7-11-18(17)22/h6-7,10-11,15-16H,4-5,8-9,12-14H2,1-3H3,(H,24,26)/t16-/m0/s1. The minimum Gasteiger partial charge on any atom is -0.441 e. The molecule has 2 aromatic rings. The lowest BCUT2D eigenvalue weighted by Crippen LogP contribution is -2.33. The van der Waals surface area contributed by atoms with Crippen LogP contribution in [-0.2, 0) is 11.2 Å². The molecule has 27 heavy (non-hydrogen) atoms. The molecular formula is C21H30ClN3O2. The second-order valence-electron chi connectivity index (χ2n) is 6.74. The summed E-state index contributed by atoms with van der Waals surface area (Å²) in [5.41, 5.74) is 0.809. The Hall–Kier alpha value is -1.85. The molecule has 1 aromatic carbocycles. The molecule has 0 spiro atoms. The summed E-state index contributed by atoms with van der Waals surface area (Å²) >= 11 is 6.18. The summed E-state index contributed by atoms with van der Waals surface area (Å²) in [7, 11) is 0. The van der Waals surface area contributed by atoms with Gasteiger partial charge in [0.15, 0.2) is 11.7 Å². The number of nitrogens with one attached hydrogen (secondary N) is 1. The van der Waals surface area contributed by atoms with Crippen LogP contribution in [-0.4, -0.2) is 41.5 Å². The molecule has 148 valence electrons. The zero-order chi connectivity index (χ0) is 19.6. The van der Waals surface area contributed by atoms with E-state index in [9.17, 15) is 4.79 Å². The highest BCUT2D eigenvalue weighted by Crippen LogP contribution is 2.28. The van der Waals surface area contributed by atoms with Gasteiger partial charge in [-0.15, -0.1) is 0 Å². The molecule has 0 aliphatic heterocycles. The number of benzene rings is 1. The number of carbonyl (C=O) groups is 1. The highest BCUT2D eigenvalue weighted by molar-refractivity contribution is 6.33. The third-order valence-electron chi connectivity index (χ3n) is 4.67. The van der Waals surface area contributed by atoms with Gasteiger partial charge in [-0.1, -0.05) is 37.6 Å². The fourth-order valence-corrected chi connectivity index (χ4v) is 3.24. The highest BCUT2D eigenvalue weighted by atomic mass is 35.5. The average molecular weight is 392 g/mol. The van der Waals surface area contributed by atoms with Gasteiger partial charge in [0, 0.05) is 24.4 Å². The number of nitrogens with zero attached hydrogens (tertiary/aromatic N) is 2. The summed E-state index contributed by atoms with van der Waals surface area (Å²) in [6, 6.07) is 7.65. The molecule has 1 heterocycles. The number of hydrogen-bond donors (Lipinski definition) is 1. The first kappa shape index (κ1) is 21.5. The van der Waals surface area contributed by atoms with Gasteiger partial charge in [0.25, 0.3) is 0 Å². The molecule has 1 N–H and O–H groups in total. The lowest BCUT2D eigenvalue weighted by atomic mass is 10.1. The maximum Gasteiger partial charge on any atom is 0.220 e. The van der Waals surface area contributed by atoms with Crippen LogP contribution in [0.25, 0.3) is 11.3 Å². The van der Waals surface area contributed by atoms with E-state index in [4.69, 9.17) is 16.0 Å². The van der Waals surface area contributed by atoms with Crippen molar-refractivity contribution in [1.29, 1.82) is 0 Å². The molecule has 0 radical (unpaired) electrons. The molecule has 0 aliphatic carbocycles. The quantitative estimate of drug-likeness (QED) is 0.610. The van der Waals surface area contributed by atoms with Crippen molar-refractivity contribution in [3.05, 3.63) is 41.4 Å². The highest BCUT2D eigenvalue weighted by Gasteiger charge is 2.12. The molecule has 1 amide bonds. The minimum atomic E-state index is 0.0304. The Kier molecular flexibility index (Phi) is 8.82. The summed E-state index contributed by atoms with van der Waals surface area (Å²) in [6.07, 6.45) is 4.57. The summed E-state index contributed by atoms with van der Waals surface area (Å²) in [5, 5.41) is 3.68. The predicted octanol–water partition coefficient (Wildman–Crippen LogP) is 4.55. The summed E-state index contributed by atoms with van der Waals surface area (Å²) in [5.74, 6) is 1.21. The van der Waals surface area contributed by atoms with E-state index in [1.807, 2.05) is 24.3 Å². The number of rotatable bonds is 11. The second-order valence-corrected chi connectivity index (χ2v) is 7.14. The van der Waals surface area contributed by atoms with E-state index in [-0.39, 0.29) is 11.9 Å². The molecule has 1 aromatic heterocycles. The third kappa shape index (κ3) is 7.00. The van der Waals surface area contributed by atoms with Crippen molar-refractivity contribution in [3.63, 3.8) is 0 Å². The van der Waals surface area contributed by atoms with E-state index in [0.29, 0.717) is 29.5 Å². The van der Waals surface area contributed by atoms with Crippen molar-refractivity contribution in [2.45, 2.75) is 52.5 Å². The van der Waals surface area contributed by atoms with Gasteiger partial charge in [-0.3, -0.25) is 4.79 Å². The monoisotopic (exact) mass is 391 g/mol. The van der Waals surface area contributed by atoms with Crippen LogP contribution in [0, 0.1) is 0 Å². The molecule has 0 fully saturated rings. The maximum atomic E-state index is 12.2. The number of hydrogen-bond acceptors (Lipinski definition) is 4. The van der Waals surface area contributed by atoms with Gasteiger partial charge in [-0.25, -0.2) is 4.98 Å². The van der Waals surface area contributed by atoms with E-state index in [0.717, 1.165) is 38.0 Å². The first-order chi connectivity index (χ1) is 13.0. The molecule has 2 rings (SSSR count). The Morgan fingerprint density at radius 2 is 2.04 bits per heavy atom. The molecule has 0 saturated carbocycles. The van der Waals surface area contributed by atoms with Crippen molar-refractivity contribution < 1.29 is 9.21 Å². The molecule has 6 heteroatoms. The van der Waals surface area contributed by atoms with Crippen LogP contribution in [0.5, 0.6) is 0 Å². The molecule has 0 aliphatic rings. The molecule has 5 nitrogen and oxygen atoms in total. The molecular weight excluding hydrogens is 362 g/mol. The van der Waals surface area contributed by atoms with Crippen LogP contribution in [0.1, 0.15) is 45.9 Å². The Morgan fingerprint density at radius 3 is 2.74 bits per heavy atom. The fraction of sp³-hybridized carbons (Fsp3) is 0.524. The Balaban J connectivity index is 1.73. The molecule has 0 saturated heterocycles. The van der Waals surface area contributed by atoms with Crippen LogP contribution < -0.4 is 5.32 Å². The summed E-state index contributed by atoms with van der Waals surface area (Å²) < 4.78 is 5.74. The van der Waals surface area contributed by atoms with Crippen molar-refractivity contribution in [2.75, 3.05) is 19.6 Å². The minimum absolute atomic E-state index is 0.0304. The Bertz CT molecular complexity index is 713.